The Hall–Kier alpha value is -3.41. The van der Waals surface area contributed by atoms with Crippen LogP contribution < -0.4 is 5.73 Å². The highest BCUT2D eigenvalue weighted by Crippen LogP contribution is 2.14. The highest BCUT2D eigenvalue weighted by Gasteiger charge is 2.04. The number of allylic oxidation sites excluding steroid dienone is 1. The maximum atomic E-state index is 10.5. The van der Waals surface area contributed by atoms with Gasteiger partial charge in [-0.2, -0.15) is 0 Å². The van der Waals surface area contributed by atoms with Crippen molar-refractivity contribution < 1.29 is 14.8 Å². The van der Waals surface area contributed by atoms with E-state index in [1.807, 2.05) is 24.3 Å². The minimum Gasteiger partial charge on any atom is -0.478 e. The lowest BCUT2D eigenvalue weighted by molar-refractivity contribution is -0.384. The molecule has 0 saturated carbocycles. The quantitative estimate of drug-likeness (QED) is 0.356. The van der Waals surface area contributed by atoms with Gasteiger partial charge in [-0.25, -0.2) is 4.79 Å². The van der Waals surface area contributed by atoms with Crippen LogP contribution in [0.4, 0.5) is 11.4 Å². The molecule has 0 radical (unpaired) electrons. The van der Waals surface area contributed by atoms with Crippen LogP contribution in [0.2, 0.25) is 0 Å². The molecular weight excluding hydrogens is 332 g/mol. The van der Waals surface area contributed by atoms with E-state index >= 15 is 0 Å². The Bertz CT molecular complexity index is 816. The summed E-state index contributed by atoms with van der Waals surface area (Å²) < 4.78 is 0. The Morgan fingerprint density at radius 1 is 0.962 bits per heavy atom. The maximum absolute atomic E-state index is 10.5. The Kier molecular flexibility index (Phi) is 7.76. The fourth-order valence-electron chi connectivity index (χ4n) is 1.93. The smallest absolute Gasteiger partial charge is 0.331 e. The van der Waals surface area contributed by atoms with Crippen LogP contribution in [-0.2, 0) is 4.79 Å². The van der Waals surface area contributed by atoms with Crippen LogP contribution in [-0.4, -0.2) is 16.0 Å². The second-order valence-electron chi connectivity index (χ2n) is 5.87. The number of rotatable bonds is 4. The van der Waals surface area contributed by atoms with Crippen LogP contribution in [0.5, 0.6) is 0 Å². The average molecular weight is 354 g/mol. The maximum Gasteiger partial charge on any atom is 0.331 e. The van der Waals surface area contributed by atoms with Gasteiger partial charge in [-0.05, 0) is 62.2 Å². The van der Waals surface area contributed by atoms with Gasteiger partial charge in [-0.3, -0.25) is 10.1 Å². The van der Waals surface area contributed by atoms with Crippen LogP contribution in [0, 0.1) is 10.1 Å². The van der Waals surface area contributed by atoms with Gasteiger partial charge in [0.25, 0.3) is 5.69 Å². The van der Waals surface area contributed by atoms with Crippen LogP contribution in [0.25, 0.3) is 12.2 Å². The Balaban J connectivity index is 0.000000273. The molecule has 0 unspecified atom stereocenters. The first-order valence-corrected chi connectivity index (χ1v) is 7.85. The molecule has 0 heterocycles. The number of carboxylic acid groups (broad SMARTS) is 1. The number of non-ortho nitro benzene ring substituents is 1. The third-order valence-corrected chi connectivity index (χ3v) is 3.22. The number of carboxylic acids is 1. The van der Waals surface area contributed by atoms with Gasteiger partial charge in [0, 0.05) is 23.4 Å². The standard InChI is InChI=1S/C10H9NO4.C10H13N/c1-7(10(12)13)6-8-2-4-9(5-3-8)11(14)15;1-8(2)7-9-3-5-10(11)6-4-9/h2-6H,1H3,(H,12,13);3-7H,11H2,1-2H3/b7-6+;. The third kappa shape index (κ3) is 7.44. The van der Waals surface area contributed by atoms with Crippen LogP contribution in [0.3, 0.4) is 0 Å². The summed E-state index contributed by atoms with van der Waals surface area (Å²) in [6.07, 6.45) is 3.57. The molecule has 26 heavy (non-hydrogen) atoms. The molecular formula is C20H22N2O4. The second kappa shape index (κ2) is 9.78. The lowest BCUT2D eigenvalue weighted by Crippen LogP contribution is -1.95. The van der Waals surface area contributed by atoms with Crippen molar-refractivity contribution in [3.63, 3.8) is 0 Å². The van der Waals surface area contributed by atoms with E-state index in [2.05, 4.69) is 19.9 Å². The van der Waals surface area contributed by atoms with E-state index in [4.69, 9.17) is 10.8 Å². The molecule has 2 rings (SSSR count). The summed E-state index contributed by atoms with van der Waals surface area (Å²) in [5, 5.41) is 18.9. The third-order valence-electron chi connectivity index (χ3n) is 3.22. The van der Waals surface area contributed by atoms with E-state index in [1.54, 1.807) is 0 Å². The highest BCUT2D eigenvalue weighted by atomic mass is 16.6. The van der Waals surface area contributed by atoms with Gasteiger partial charge in [-0.15, -0.1) is 0 Å². The molecule has 0 aliphatic heterocycles. The topological polar surface area (TPSA) is 106 Å². The van der Waals surface area contributed by atoms with Crippen molar-refractivity contribution in [3.8, 4) is 0 Å². The summed E-state index contributed by atoms with van der Waals surface area (Å²) in [6.45, 7) is 5.62. The monoisotopic (exact) mass is 354 g/mol. The SMILES string of the molecule is C/C(=C\c1ccc([N+](=O)[O-])cc1)C(=O)O.CC(C)=Cc1ccc(N)cc1. The fourth-order valence-corrected chi connectivity index (χ4v) is 1.93. The Morgan fingerprint density at radius 2 is 1.42 bits per heavy atom. The van der Waals surface area contributed by atoms with Gasteiger partial charge in [-0.1, -0.05) is 23.8 Å². The number of aliphatic carboxylic acids is 1. The molecule has 0 spiro atoms. The number of nitrogen functional groups attached to an aromatic ring is 1. The molecule has 136 valence electrons. The zero-order valence-electron chi connectivity index (χ0n) is 15.0. The summed E-state index contributed by atoms with van der Waals surface area (Å²) in [5.41, 5.74) is 9.66. The van der Waals surface area contributed by atoms with Crippen molar-refractivity contribution >= 4 is 29.5 Å². The normalized spacial score (nSPS) is 10.3. The Labute approximate surface area is 152 Å². The van der Waals surface area contributed by atoms with Gasteiger partial charge < -0.3 is 10.8 Å². The molecule has 0 fully saturated rings. The first-order chi connectivity index (χ1) is 12.2. The van der Waals surface area contributed by atoms with Crippen molar-refractivity contribution in [1.29, 1.82) is 0 Å². The summed E-state index contributed by atoms with van der Waals surface area (Å²) in [4.78, 5) is 20.3. The van der Waals surface area contributed by atoms with Crippen molar-refractivity contribution in [2.24, 2.45) is 0 Å². The molecule has 0 atom stereocenters. The largest absolute Gasteiger partial charge is 0.478 e. The van der Waals surface area contributed by atoms with Crippen molar-refractivity contribution in [2.45, 2.75) is 20.8 Å². The van der Waals surface area contributed by atoms with Gasteiger partial charge in [0.05, 0.1) is 4.92 Å². The number of carbonyl (C=O) groups is 1. The average Bonchev–Trinajstić information content (AvgIpc) is 2.57. The first kappa shape index (κ1) is 20.6. The molecule has 0 bridgehead atoms. The zero-order valence-corrected chi connectivity index (χ0v) is 15.0. The predicted octanol–water partition coefficient (Wildman–Crippen LogP) is 4.77. The fraction of sp³-hybridized carbons (Fsp3) is 0.150. The van der Waals surface area contributed by atoms with Gasteiger partial charge >= 0.3 is 5.97 Å². The molecule has 2 aromatic rings. The summed E-state index contributed by atoms with van der Waals surface area (Å²) in [6, 6.07) is 13.5. The number of benzene rings is 2. The van der Waals surface area contributed by atoms with E-state index in [9.17, 15) is 14.9 Å². The van der Waals surface area contributed by atoms with Gasteiger partial charge in [0.15, 0.2) is 0 Å². The number of hydrogen-bond acceptors (Lipinski definition) is 4. The second-order valence-corrected chi connectivity index (χ2v) is 5.87. The van der Waals surface area contributed by atoms with E-state index in [0.29, 0.717) is 5.56 Å². The number of nitro groups is 1. The number of nitrogens with zero attached hydrogens (tertiary/aromatic N) is 1. The molecule has 6 heteroatoms. The molecule has 0 aliphatic rings. The van der Waals surface area contributed by atoms with Crippen molar-refractivity contribution in [1.82, 2.24) is 0 Å². The molecule has 0 aromatic heterocycles. The molecule has 0 amide bonds. The van der Waals surface area contributed by atoms with Gasteiger partial charge in [0.1, 0.15) is 0 Å². The number of hydrogen-bond donors (Lipinski definition) is 2. The molecule has 3 N–H and O–H groups in total. The van der Waals surface area contributed by atoms with E-state index < -0.39 is 10.9 Å². The van der Waals surface area contributed by atoms with Crippen molar-refractivity contribution in [2.75, 3.05) is 5.73 Å². The van der Waals surface area contributed by atoms with E-state index in [1.165, 1.54) is 48.4 Å². The Morgan fingerprint density at radius 3 is 1.85 bits per heavy atom. The van der Waals surface area contributed by atoms with Crippen LogP contribution in [0.15, 0.2) is 59.7 Å². The molecule has 2 aromatic carbocycles. The van der Waals surface area contributed by atoms with Crippen LogP contribution in [0.1, 0.15) is 31.9 Å². The predicted molar refractivity (Wildman–Crippen MR) is 105 cm³/mol. The highest BCUT2D eigenvalue weighted by molar-refractivity contribution is 5.91. The number of nitrogens with two attached hydrogens (primary N) is 1. The van der Waals surface area contributed by atoms with E-state index in [-0.39, 0.29) is 11.3 Å². The minimum absolute atomic E-state index is 0.0138. The first-order valence-electron chi connectivity index (χ1n) is 7.85. The molecule has 6 nitrogen and oxygen atoms in total. The van der Waals surface area contributed by atoms with Crippen LogP contribution >= 0.6 is 0 Å². The van der Waals surface area contributed by atoms with Gasteiger partial charge in [0.2, 0.25) is 0 Å². The lowest BCUT2D eigenvalue weighted by atomic mass is 10.1. The van der Waals surface area contributed by atoms with Crippen molar-refractivity contribution in [3.05, 3.63) is 80.9 Å². The summed E-state index contributed by atoms with van der Waals surface area (Å²) >= 11 is 0. The summed E-state index contributed by atoms with van der Waals surface area (Å²) in [5.74, 6) is -1.01. The summed E-state index contributed by atoms with van der Waals surface area (Å²) in [7, 11) is 0. The molecule has 0 aliphatic carbocycles. The number of nitro benzene ring substituents is 1. The minimum atomic E-state index is -1.01. The lowest BCUT2D eigenvalue weighted by Gasteiger charge is -1.95. The zero-order chi connectivity index (χ0) is 19.7. The van der Waals surface area contributed by atoms with E-state index in [0.717, 1.165) is 5.69 Å². The molecule has 0 saturated heterocycles. The number of anilines is 1.